The molecule has 0 N–H and O–H groups in total. The Morgan fingerprint density at radius 3 is 2.50 bits per heavy atom. The predicted molar refractivity (Wildman–Crippen MR) is 51.2 cm³/mol. The van der Waals surface area contributed by atoms with Gasteiger partial charge in [-0.1, -0.05) is 19.1 Å². The van der Waals surface area contributed by atoms with Gasteiger partial charge in [-0.3, -0.25) is 4.79 Å². The minimum absolute atomic E-state index is 0.248. The van der Waals surface area contributed by atoms with E-state index < -0.39 is 0 Å². The van der Waals surface area contributed by atoms with Crippen molar-refractivity contribution in [1.29, 1.82) is 0 Å². The molecule has 2 nitrogen and oxygen atoms in total. The minimum Gasteiger partial charge on any atom is -0.458 e. The molecule has 0 saturated carbocycles. The quantitative estimate of drug-likeness (QED) is 0.695. The summed E-state index contributed by atoms with van der Waals surface area (Å²) in [7, 11) is 0. The largest absolute Gasteiger partial charge is 0.458 e. The molecule has 1 atom stereocenters. The van der Waals surface area contributed by atoms with E-state index in [4.69, 9.17) is 4.74 Å². The summed E-state index contributed by atoms with van der Waals surface area (Å²) in [5, 5.41) is 0. The highest BCUT2D eigenvalue weighted by atomic mass is 19.1. The molecule has 0 aliphatic heterocycles. The Morgan fingerprint density at radius 1 is 1.43 bits per heavy atom. The van der Waals surface area contributed by atoms with Crippen molar-refractivity contribution in [3.8, 4) is 0 Å². The molecule has 0 spiro atoms. The third-order valence-electron chi connectivity index (χ3n) is 1.94. The maximum Gasteiger partial charge on any atom is 0.306 e. The maximum atomic E-state index is 12.6. The molecule has 0 radical (unpaired) electrons. The smallest absolute Gasteiger partial charge is 0.306 e. The Kier molecular flexibility index (Phi) is 3.63. The average Bonchev–Trinajstić information content (AvgIpc) is 2.18. The van der Waals surface area contributed by atoms with Crippen LogP contribution < -0.4 is 0 Å². The van der Waals surface area contributed by atoms with Gasteiger partial charge in [0.25, 0.3) is 0 Å². The number of ether oxygens (including phenoxy) is 1. The van der Waals surface area contributed by atoms with Crippen LogP contribution in [0.4, 0.5) is 4.39 Å². The first-order valence-corrected chi connectivity index (χ1v) is 4.58. The van der Waals surface area contributed by atoms with E-state index in [-0.39, 0.29) is 17.9 Å². The molecule has 1 rings (SSSR count). The van der Waals surface area contributed by atoms with Crippen LogP contribution in [0.15, 0.2) is 24.3 Å². The zero-order valence-corrected chi connectivity index (χ0v) is 8.29. The maximum absolute atomic E-state index is 12.6. The molecule has 0 bridgehead atoms. The summed E-state index contributed by atoms with van der Waals surface area (Å²) in [4.78, 5) is 11.0. The van der Waals surface area contributed by atoms with Crippen molar-refractivity contribution >= 4 is 5.97 Å². The Bertz CT molecular complexity index is 306. The molecule has 0 saturated heterocycles. The summed E-state index contributed by atoms with van der Waals surface area (Å²) in [6, 6.07) is 5.93. The van der Waals surface area contributed by atoms with Gasteiger partial charge in [-0.05, 0) is 24.6 Å². The van der Waals surface area contributed by atoms with E-state index in [0.717, 1.165) is 5.56 Å². The van der Waals surface area contributed by atoms with Crippen LogP contribution >= 0.6 is 0 Å². The van der Waals surface area contributed by atoms with E-state index in [0.29, 0.717) is 6.42 Å². The van der Waals surface area contributed by atoms with E-state index in [1.807, 2.05) is 0 Å². The van der Waals surface area contributed by atoms with Crippen molar-refractivity contribution in [3.63, 3.8) is 0 Å². The van der Waals surface area contributed by atoms with Crippen LogP contribution in [0, 0.1) is 5.82 Å². The van der Waals surface area contributed by atoms with Crippen LogP contribution in [-0.2, 0) is 9.53 Å². The Hall–Kier alpha value is -1.38. The number of carbonyl (C=O) groups is 1. The van der Waals surface area contributed by atoms with Gasteiger partial charge in [0, 0.05) is 6.42 Å². The first-order chi connectivity index (χ1) is 6.63. The lowest BCUT2D eigenvalue weighted by Crippen LogP contribution is -2.07. The van der Waals surface area contributed by atoms with Gasteiger partial charge in [-0.2, -0.15) is 0 Å². The van der Waals surface area contributed by atoms with Crippen LogP contribution in [0.1, 0.15) is 31.9 Å². The summed E-state index contributed by atoms with van der Waals surface area (Å²) in [5.41, 5.74) is 0.799. The lowest BCUT2D eigenvalue weighted by molar-refractivity contribution is -0.148. The standard InChI is InChI=1S/C11H13FO2/c1-3-11(13)14-8(2)9-4-6-10(12)7-5-9/h4-8H,3H2,1-2H3/t8-/m1/s1. The fraction of sp³-hybridized carbons (Fsp3) is 0.364. The van der Waals surface area contributed by atoms with Gasteiger partial charge in [0.2, 0.25) is 0 Å². The Morgan fingerprint density at radius 2 is 2.00 bits per heavy atom. The minimum atomic E-state index is -0.317. The Labute approximate surface area is 82.7 Å². The van der Waals surface area contributed by atoms with Crippen molar-refractivity contribution in [3.05, 3.63) is 35.6 Å². The van der Waals surface area contributed by atoms with Crippen LogP contribution in [0.3, 0.4) is 0 Å². The summed E-state index contributed by atoms with van der Waals surface area (Å²) >= 11 is 0. The number of hydrogen-bond donors (Lipinski definition) is 0. The molecule has 0 aliphatic rings. The second-order valence-corrected chi connectivity index (χ2v) is 3.04. The fourth-order valence-corrected chi connectivity index (χ4v) is 1.08. The van der Waals surface area contributed by atoms with Crippen LogP contribution in [0.2, 0.25) is 0 Å². The van der Waals surface area contributed by atoms with Gasteiger partial charge in [0.05, 0.1) is 0 Å². The number of carbonyl (C=O) groups excluding carboxylic acids is 1. The second-order valence-electron chi connectivity index (χ2n) is 3.04. The van der Waals surface area contributed by atoms with Gasteiger partial charge in [-0.25, -0.2) is 4.39 Å². The van der Waals surface area contributed by atoms with Crippen molar-refractivity contribution < 1.29 is 13.9 Å². The summed E-state index contributed by atoms with van der Waals surface area (Å²) in [6.45, 7) is 3.50. The SMILES string of the molecule is CCC(=O)O[C@H](C)c1ccc(F)cc1. The fourth-order valence-electron chi connectivity index (χ4n) is 1.08. The van der Waals surface area contributed by atoms with Gasteiger partial charge in [0.1, 0.15) is 11.9 Å². The number of esters is 1. The highest BCUT2D eigenvalue weighted by molar-refractivity contribution is 5.69. The number of rotatable bonds is 3. The van der Waals surface area contributed by atoms with Gasteiger partial charge < -0.3 is 4.74 Å². The topological polar surface area (TPSA) is 26.3 Å². The first kappa shape index (κ1) is 10.7. The number of benzene rings is 1. The monoisotopic (exact) mass is 196 g/mol. The molecule has 1 aromatic carbocycles. The third kappa shape index (κ3) is 2.83. The molecule has 0 aliphatic carbocycles. The van der Waals surface area contributed by atoms with Gasteiger partial charge in [0.15, 0.2) is 0 Å². The van der Waals surface area contributed by atoms with Crippen molar-refractivity contribution in [1.82, 2.24) is 0 Å². The molecule has 14 heavy (non-hydrogen) atoms. The molecule has 1 aromatic rings. The van der Waals surface area contributed by atoms with E-state index in [1.54, 1.807) is 26.0 Å². The summed E-state index contributed by atoms with van der Waals surface area (Å²) < 4.78 is 17.6. The van der Waals surface area contributed by atoms with E-state index in [9.17, 15) is 9.18 Å². The molecular weight excluding hydrogens is 183 g/mol. The zero-order valence-electron chi connectivity index (χ0n) is 8.29. The van der Waals surface area contributed by atoms with Crippen molar-refractivity contribution in [2.75, 3.05) is 0 Å². The van der Waals surface area contributed by atoms with E-state index in [1.165, 1.54) is 12.1 Å². The molecular formula is C11H13FO2. The molecule has 0 heterocycles. The molecule has 0 unspecified atom stereocenters. The second kappa shape index (κ2) is 4.74. The van der Waals surface area contributed by atoms with E-state index in [2.05, 4.69) is 0 Å². The number of halogens is 1. The van der Waals surface area contributed by atoms with E-state index >= 15 is 0 Å². The lowest BCUT2D eigenvalue weighted by Gasteiger charge is -2.12. The first-order valence-electron chi connectivity index (χ1n) is 4.58. The third-order valence-corrected chi connectivity index (χ3v) is 1.94. The molecule has 0 aromatic heterocycles. The molecule has 0 amide bonds. The van der Waals surface area contributed by atoms with Crippen LogP contribution in [-0.4, -0.2) is 5.97 Å². The molecule has 0 fully saturated rings. The normalized spacial score (nSPS) is 12.2. The van der Waals surface area contributed by atoms with Crippen molar-refractivity contribution in [2.45, 2.75) is 26.4 Å². The summed E-state index contributed by atoms with van der Waals surface area (Å²) in [5.74, 6) is -0.537. The highest BCUT2D eigenvalue weighted by Crippen LogP contribution is 2.17. The average molecular weight is 196 g/mol. The van der Waals surface area contributed by atoms with Crippen molar-refractivity contribution in [2.24, 2.45) is 0 Å². The Balaban J connectivity index is 2.65. The number of hydrogen-bond acceptors (Lipinski definition) is 2. The molecule has 76 valence electrons. The lowest BCUT2D eigenvalue weighted by atomic mass is 10.1. The summed E-state index contributed by atoms with van der Waals surface area (Å²) in [6.07, 6.45) is 0.0361. The van der Waals surface area contributed by atoms with Crippen LogP contribution in [0.25, 0.3) is 0 Å². The predicted octanol–water partition coefficient (Wildman–Crippen LogP) is 2.84. The molecule has 3 heteroatoms. The highest BCUT2D eigenvalue weighted by Gasteiger charge is 2.09. The van der Waals surface area contributed by atoms with Gasteiger partial charge in [-0.15, -0.1) is 0 Å². The zero-order chi connectivity index (χ0) is 10.6. The van der Waals surface area contributed by atoms with Crippen LogP contribution in [0.5, 0.6) is 0 Å². The van der Waals surface area contributed by atoms with Gasteiger partial charge >= 0.3 is 5.97 Å².